The average Bonchev–Trinajstić information content (AvgIpc) is 3.23. The lowest BCUT2D eigenvalue weighted by atomic mass is 9.89. The van der Waals surface area contributed by atoms with Crippen LogP contribution >= 0.6 is 0 Å². The van der Waals surface area contributed by atoms with E-state index in [0.717, 1.165) is 42.6 Å². The molecule has 0 bridgehead atoms. The van der Waals surface area contributed by atoms with Gasteiger partial charge in [-0.25, -0.2) is 0 Å². The minimum atomic E-state index is -3.94. The number of rotatable bonds is 2. The molecule has 2 aromatic rings. The van der Waals surface area contributed by atoms with Crippen molar-refractivity contribution in [2.45, 2.75) is 46.5 Å². The maximum atomic E-state index is 15.8. The van der Waals surface area contributed by atoms with Crippen molar-refractivity contribution in [3.05, 3.63) is 75.3 Å². The van der Waals surface area contributed by atoms with Gasteiger partial charge in [0.05, 0.1) is 0 Å². The van der Waals surface area contributed by atoms with Crippen molar-refractivity contribution in [3.8, 4) is 0 Å². The van der Waals surface area contributed by atoms with E-state index in [2.05, 4.69) is 17.0 Å². The number of anilines is 1. The molecule has 6 rings (SSSR count). The standard InChI is InChI=1S/C26H28BF2N3/c1-17-12-19(3)31-24(17)16-25-18(2)13-23(32(25)27(31,28)29)9-8-20-14-21-6-4-10-30-11-5-7-22(15-20)26(21)30/h8-9,12-16H,4-7,10-11H2,1-3H3/b9-8+. The molecule has 32 heavy (non-hydrogen) atoms. The van der Waals surface area contributed by atoms with Crippen LogP contribution < -0.4 is 4.90 Å². The van der Waals surface area contributed by atoms with Crippen LogP contribution in [0.4, 0.5) is 14.3 Å². The smallest absolute Gasteiger partial charge is 0.394 e. The molecule has 0 saturated heterocycles. The second kappa shape index (κ2) is 6.80. The van der Waals surface area contributed by atoms with Crippen LogP contribution in [-0.2, 0) is 12.8 Å². The van der Waals surface area contributed by atoms with Gasteiger partial charge in [-0.2, -0.15) is 0 Å². The van der Waals surface area contributed by atoms with Gasteiger partial charge in [-0.15, -0.1) is 0 Å². The topological polar surface area (TPSA) is 11.2 Å². The van der Waals surface area contributed by atoms with Crippen molar-refractivity contribution >= 4 is 30.5 Å². The first kappa shape index (κ1) is 19.8. The number of benzene rings is 1. The van der Waals surface area contributed by atoms with Crippen molar-refractivity contribution in [1.82, 2.24) is 4.48 Å². The molecule has 0 amide bonds. The van der Waals surface area contributed by atoms with E-state index in [4.69, 9.17) is 0 Å². The fourth-order valence-electron chi connectivity index (χ4n) is 6.14. The molecule has 0 saturated carbocycles. The van der Waals surface area contributed by atoms with Crippen LogP contribution in [0.25, 0.3) is 12.2 Å². The number of nitrogens with zero attached hydrogens (tertiary/aromatic N) is 3. The third-order valence-corrected chi connectivity index (χ3v) is 7.47. The van der Waals surface area contributed by atoms with Crippen LogP contribution in [0.15, 0.2) is 41.6 Å². The third kappa shape index (κ3) is 2.74. The van der Waals surface area contributed by atoms with E-state index in [0.29, 0.717) is 22.8 Å². The summed E-state index contributed by atoms with van der Waals surface area (Å²) in [5, 5.41) is 0. The summed E-state index contributed by atoms with van der Waals surface area (Å²) >= 11 is 0. The van der Waals surface area contributed by atoms with Gasteiger partial charge in [0.15, 0.2) is 11.4 Å². The molecule has 6 heteroatoms. The lowest BCUT2D eigenvalue weighted by Crippen LogP contribution is -2.50. The molecule has 1 aromatic heterocycles. The second-order valence-corrected chi connectivity index (χ2v) is 9.68. The fourth-order valence-corrected chi connectivity index (χ4v) is 6.14. The molecule has 3 nitrogen and oxygen atoms in total. The minimum Gasteiger partial charge on any atom is -0.394 e. The second-order valence-electron chi connectivity index (χ2n) is 9.68. The molecule has 5 heterocycles. The van der Waals surface area contributed by atoms with Gasteiger partial charge in [0.2, 0.25) is 0 Å². The number of allylic oxidation sites excluding steroid dienone is 3. The van der Waals surface area contributed by atoms with Gasteiger partial charge in [0, 0.05) is 48.3 Å². The van der Waals surface area contributed by atoms with E-state index in [1.807, 2.05) is 44.2 Å². The Morgan fingerprint density at radius 1 is 0.938 bits per heavy atom. The maximum absolute atomic E-state index is 15.8. The number of aryl methyl sites for hydroxylation is 4. The first-order valence-electron chi connectivity index (χ1n) is 11.7. The summed E-state index contributed by atoms with van der Waals surface area (Å²) in [5.41, 5.74) is 9.53. The first-order valence-corrected chi connectivity index (χ1v) is 11.7. The Morgan fingerprint density at radius 3 is 2.31 bits per heavy atom. The number of fused-ring (bicyclic) bond motifs is 2. The summed E-state index contributed by atoms with van der Waals surface area (Å²) < 4.78 is 34.0. The highest BCUT2D eigenvalue weighted by atomic mass is 19.2. The quantitative estimate of drug-likeness (QED) is 0.571. The Kier molecular flexibility index (Phi) is 4.21. The summed E-state index contributed by atoms with van der Waals surface area (Å²) in [7, 11) is 0. The van der Waals surface area contributed by atoms with Crippen LogP contribution in [0.1, 0.15) is 53.4 Å². The van der Waals surface area contributed by atoms with E-state index in [1.54, 1.807) is 6.92 Å². The maximum Gasteiger partial charge on any atom is 0.737 e. The van der Waals surface area contributed by atoms with E-state index in [9.17, 15) is 0 Å². The largest absolute Gasteiger partial charge is 0.737 e. The fraction of sp³-hybridized carbons (Fsp3) is 0.346. The summed E-state index contributed by atoms with van der Waals surface area (Å²) in [4.78, 5) is 2.52. The SMILES string of the molecule is CC1=CC(/C=C/c2cc3c4c(c2)CCCN4CCC3)=[N+]2C1=Cc1c(C)cc(C)n1[B-]2(F)F. The molecule has 0 unspecified atom stereocenters. The molecular weight excluding hydrogens is 403 g/mol. The van der Waals surface area contributed by atoms with Crippen LogP contribution in [0, 0.1) is 13.8 Å². The molecule has 0 spiro atoms. The lowest BCUT2D eigenvalue weighted by Gasteiger charge is -2.37. The van der Waals surface area contributed by atoms with Crippen LogP contribution in [0.2, 0.25) is 0 Å². The highest BCUT2D eigenvalue weighted by molar-refractivity contribution is 6.58. The highest BCUT2D eigenvalue weighted by Crippen LogP contribution is 2.38. The van der Waals surface area contributed by atoms with Crippen LogP contribution in [0.5, 0.6) is 0 Å². The molecule has 0 N–H and O–H groups in total. The molecule has 1 aromatic carbocycles. The zero-order chi connectivity index (χ0) is 22.2. The van der Waals surface area contributed by atoms with Gasteiger partial charge in [-0.05, 0) is 98.7 Å². The van der Waals surface area contributed by atoms with E-state index in [-0.39, 0.29) is 0 Å². The molecule has 0 fully saturated rings. The van der Waals surface area contributed by atoms with Gasteiger partial charge < -0.3 is 22.5 Å². The Labute approximate surface area is 188 Å². The molecule has 4 aliphatic heterocycles. The van der Waals surface area contributed by atoms with Gasteiger partial charge in [0.1, 0.15) is 0 Å². The Balaban J connectivity index is 1.44. The van der Waals surface area contributed by atoms with Crippen molar-refractivity contribution in [2.75, 3.05) is 18.0 Å². The van der Waals surface area contributed by atoms with E-state index in [1.165, 1.54) is 38.6 Å². The number of halogens is 2. The van der Waals surface area contributed by atoms with Crippen molar-refractivity contribution in [2.24, 2.45) is 0 Å². The third-order valence-electron chi connectivity index (χ3n) is 7.47. The zero-order valence-corrected chi connectivity index (χ0v) is 19.0. The van der Waals surface area contributed by atoms with E-state index < -0.39 is 6.97 Å². The van der Waals surface area contributed by atoms with Crippen molar-refractivity contribution in [1.29, 1.82) is 0 Å². The Hall–Kier alpha value is -2.89. The molecule has 0 atom stereocenters. The Bertz CT molecular complexity index is 1260. The zero-order valence-electron chi connectivity index (χ0n) is 19.0. The minimum absolute atomic E-state index is 0.558. The highest BCUT2D eigenvalue weighted by Gasteiger charge is 2.53. The average molecular weight is 431 g/mol. The summed E-state index contributed by atoms with van der Waals surface area (Å²) in [6.45, 7) is 3.95. The van der Waals surface area contributed by atoms with Gasteiger partial charge in [-0.3, -0.25) is 0 Å². The van der Waals surface area contributed by atoms with E-state index >= 15 is 8.63 Å². The van der Waals surface area contributed by atoms with Crippen molar-refractivity contribution in [3.63, 3.8) is 0 Å². The number of aromatic nitrogens is 1. The molecule has 4 aliphatic rings. The Morgan fingerprint density at radius 2 is 1.62 bits per heavy atom. The predicted molar refractivity (Wildman–Crippen MR) is 129 cm³/mol. The molecule has 164 valence electrons. The van der Waals surface area contributed by atoms with Gasteiger partial charge in [0.25, 0.3) is 0 Å². The predicted octanol–water partition coefficient (Wildman–Crippen LogP) is 5.51. The van der Waals surface area contributed by atoms with Gasteiger partial charge >= 0.3 is 6.97 Å². The summed E-state index contributed by atoms with van der Waals surface area (Å²) in [5.74, 6) is 0. The summed E-state index contributed by atoms with van der Waals surface area (Å²) in [6.07, 6.45) is 12.3. The number of hydrogen-bond donors (Lipinski definition) is 0. The van der Waals surface area contributed by atoms with Crippen LogP contribution in [0.3, 0.4) is 0 Å². The van der Waals surface area contributed by atoms with Crippen LogP contribution in [-0.4, -0.2) is 34.7 Å². The molecule has 0 radical (unpaired) electrons. The molecular formula is C26H28BF2N3. The first-order chi connectivity index (χ1) is 15.3. The van der Waals surface area contributed by atoms with Gasteiger partial charge in [-0.1, -0.05) is 0 Å². The monoisotopic (exact) mass is 431 g/mol. The van der Waals surface area contributed by atoms with Crippen molar-refractivity contribution < 1.29 is 13.1 Å². The lowest BCUT2D eigenvalue weighted by molar-refractivity contribution is -0.361. The normalized spacial score (nSPS) is 20.8. The number of hydrogen-bond acceptors (Lipinski definition) is 1. The summed E-state index contributed by atoms with van der Waals surface area (Å²) in [6, 6.07) is 6.36. The molecule has 0 aliphatic carbocycles.